The summed E-state index contributed by atoms with van der Waals surface area (Å²) in [4.78, 5) is 29.7. The Morgan fingerprint density at radius 1 is 1.22 bits per heavy atom. The average Bonchev–Trinajstić information content (AvgIpc) is 3.59. The predicted molar refractivity (Wildman–Crippen MR) is 157 cm³/mol. The molecule has 0 unspecified atom stereocenters. The molecule has 1 N–H and O–H groups in total. The number of halogens is 1. The number of rotatable bonds is 11. The lowest BCUT2D eigenvalue weighted by molar-refractivity contribution is -0.145. The van der Waals surface area contributed by atoms with Crippen LogP contribution in [0.2, 0.25) is 18.6 Å². The summed E-state index contributed by atoms with van der Waals surface area (Å²) in [6.45, 7) is 9.76. The molecule has 41 heavy (non-hydrogen) atoms. The van der Waals surface area contributed by atoms with Crippen molar-refractivity contribution in [1.29, 1.82) is 0 Å². The monoisotopic (exact) mass is 577 g/mol. The molecule has 1 fully saturated rings. The molecule has 9 nitrogen and oxygen atoms in total. The predicted octanol–water partition coefficient (Wildman–Crippen LogP) is 4.51. The number of hydrogen-bond donors (Lipinski definition) is 1. The van der Waals surface area contributed by atoms with Gasteiger partial charge >= 0.3 is 0 Å². The molecule has 0 bridgehead atoms. The van der Waals surface area contributed by atoms with Crippen molar-refractivity contribution in [3.63, 3.8) is 0 Å². The lowest BCUT2D eigenvalue weighted by atomic mass is 9.82. The largest absolute Gasteiger partial charge is 0.396 e. The first-order valence-corrected chi connectivity index (χ1v) is 16.8. The van der Waals surface area contributed by atoms with Crippen LogP contribution in [0.4, 0.5) is 21.2 Å². The molecule has 1 aromatic heterocycles. The Balaban J connectivity index is 1.56. The van der Waals surface area contributed by atoms with E-state index in [1.165, 1.54) is 4.90 Å². The first-order chi connectivity index (χ1) is 19.6. The zero-order valence-corrected chi connectivity index (χ0v) is 24.6. The van der Waals surface area contributed by atoms with Gasteiger partial charge in [-0.15, -0.1) is 11.7 Å². The van der Waals surface area contributed by atoms with Crippen LogP contribution in [-0.4, -0.2) is 60.1 Å². The van der Waals surface area contributed by atoms with Crippen molar-refractivity contribution < 1.29 is 23.5 Å². The molecule has 11 heteroatoms. The fourth-order valence-corrected chi connectivity index (χ4v) is 9.10. The molecule has 4 atom stereocenters. The Morgan fingerprint density at radius 2 is 1.98 bits per heavy atom. The van der Waals surface area contributed by atoms with Crippen LogP contribution in [0.5, 0.6) is 0 Å². The van der Waals surface area contributed by atoms with Crippen LogP contribution in [0.3, 0.4) is 0 Å². The zero-order valence-electron chi connectivity index (χ0n) is 23.6. The summed E-state index contributed by atoms with van der Waals surface area (Å²) in [5, 5.41) is 17.4. The van der Waals surface area contributed by atoms with Gasteiger partial charge in [0.2, 0.25) is 14.8 Å². The number of fused-ring (bicyclic) bond motifs is 2. The molecule has 1 spiro atoms. The number of aliphatic hydroxyl groups is 1. The number of carbonyl (C=O) groups is 2. The van der Waals surface area contributed by atoms with Gasteiger partial charge in [-0.3, -0.25) is 19.2 Å². The molecule has 0 aliphatic carbocycles. The van der Waals surface area contributed by atoms with Gasteiger partial charge in [-0.1, -0.05) is 36.4 Å². The second-order valence-electron chi connectivity index (χ2n) is 11.2. The second kappa shape index (κ2) is 11.3. The molecule has 216 valence electrons. The highest BCUT2D eigenvalue weighted by atomic mass is 28.4. The fraction of sp³-hybridized carbons (Fsp3) is 0.400. The Bertz CT molecular complexity index is 1430. The highest BCUT2D eigenvalue weighted by Crippen LogP contribution is 2.60. The van der Waals surface area contributed by atoms with Crippen molar-refractivity contribution in [2.75, 3.05) is 23.0 Å². The van der Waals surface area contributed by atoms with Gasteiger partial charge in [0.1, 0.15) is 0 Å². The van der Waals surface area contributed by atoms with E-state index in [9.17, 15) is 14.7 Å². The van der Waals surface area contributed by atoms with Crippen LogP contribution < -0.4 is 9.80 Å². The van der Waals surface area contributed by atoms with Crippen LogP contribution in [0.25, 0.3) is 0 Å². The SMILES string of the molecule is C=CCN1C(=O)[C@@]2(O[C@@H](CCn3cc(CCO)nn3)[C@H]([Si](C)(C)F)[C@H]2C)c2cc(N(C=O)c3ccccc3)ccc21. The lowest BCUT2D eigenvalue weighted by Gasteiger charge is -2.31. The molecule has 2 aromatic carbocycles. The second-order valence-corrected chi connectivity index (χ2v) is 15.0. The number of nitrogens with zero attached hydrogens (tertiary/aromatic N) is 5. The van der Waals surface area contributed by atoms with Crippen molar-refractivity contribution >= 4 is 37.8 Å². The van der Waals surface area contributed by atoms with E-state index in [4.69, 9.17) is 4.74 Å². The average molecular weight is 578 g/mol. The number of aromatic nitrogens is 3. The van der Waals surface area contributed by atoms with Gasteiger partial charge in [0.05, 0.1) is 17.5 Å². The molecule has 3 heterocycles. The van der Waals surface area contributed by atoms with E-state index < -0.39 is 31.6 Å². The van der Waals surface area contributed by atoms with Gasteiger partial charge in [0, 0.05) is 60.7 Å². The number of anilines is 3. The van der Waals surface area contributed by atoms with Gasteiger partial charge in [-0.2, -0.15) is 0 Å². The molecule has 0 radical (unpaired) electrons. The van der Waals surface area contributed by atoms with Gasteiger partial charge in [-0.25, -0.2) is 0 Å². The molecule has 2 aliphatic heterocycles. The number of para-hydroxylation sites is 1. The van der Waals surface area contributed by atoms with Gasteiger partial charge in [-0.05, 0) is 49.8 Å². The normalized spacial score (nSPS) is 23.7. The zero-order chi connectivity index (χ0) is 29.4. The first-order valence-electron chi connectivity index (χ1n) is 13.9. The maximum Gasteiger partial charge on any atom is 0.264 e. The van der Waals surface area contributed by atoms with Crippen LogP contribution in [-0.2, 0) is 32.9 Å². The topological polar surface area (TPSA) is 101 Å². The fourth-order valence-electron chi connectivity index (χ4n) is 6.56. The minimum absolute atomic E-state index is 0.0231. The summed E-state index contributed by atoms with van der Waals surface area (Å²) in [5.74, 6) is -0.705. The smallest absolute Gasteiger partial charge is 0.264 e. The number of hydrogen-bond acceptors (Lipinski definition) is 6. The number of benzene rings is 2. The summed E-state index contributed by atoms with van der Waals surface area (Å²) < 4.78 is 24.6. The highest BCUT2D eigenvalue weighted by Gasteiger charge is 2.66. The minimum atomic E-state index is -3.34. The van der Waals surface area contributed by atoms with Gasteiger partial charge < -0.3 is 18.9 Å². The van der Waals surface area contributed by atoms with Crippen LogP contribution in [0.1, 0.15) is 24.6 Å². The third-order valence-electron chi connectivity index (χ3n) is 8.27. The summed E-state index contributed by atoms with van der Waals surface area (Å²) in [6.07, 6.45) is 4.47. The van der Waals surface area contributed by atoms with Crippen molar-refractivity contribution in [1.82, 2.24) is 15.0 Å². The number of aryl methyl sites for hydroxylation is 1. The van der Waals surface area contributed by atoms with E-state index in [0.717, 1.165) is 6.41 Å². The van der Waals surface area contributed by atoms with Crippen molar-refractivity contribution in [3.8, 4) is 0 Å². The van der Waals surface area contributed by atoms with Crippen molar-refractivity contribution in [2.45, 2.75) is 56.7 Å². The maximum atomic E-state index is 16.1. The molecular formula is C30H36FN5O4Si. The Hall–Kier alpha value is -3.67. The molecular weight excluding hydrogens is 541 g/mol. The summed E-state index contributed by atoms with van der Waals surface area (Å²) in [6, 6.07) is 14.7. The molecule has 5 rings (SSSR count). The quantitative estimate of drug-likeness (QED) is 0.156. The number of amides is 2. The minimum Gasteiger partial charge on any atom is -0.396 e. The molecule has 2 amide bonds. The van der Waals surface area contributed by atoms with E-state index in [1.807, 2.05) is 49.4 Å². The summed E-state index contributed by atoms with van der Waals surface area (Å²) in [7, 11) is -3.34. The molecule has 2 aliphatic rings. The van der Waals surface area contributed by atoms with Gasteiger partial charge in [0.25, 0.3) is 5.91 Å². The van der Waals surface area contributed by atoms with E-state index in [0.29, 0.717) is 47.7 Å². The highest BCUT2D eigenvalue weighted by molar-refractivity contribution is 6.72. The van der Waals surface area contributed by atoms with Crippen molar-refractivity contribution in [2.24, 2.45) is 5.92 Å². The van der Waals surface area contributed by atoms with Crippen LogP contribution in [0, 0.1) is 5.92 Å². The number of aliphatic hydroxyl groups excluding tert-OH is 1. The van der Waals surface area contributed by atoms with E-state index >= 15 is 4.11 Å². The maximum absolute atomic E-state index is 16.1. The standard InChI is InChI=1S/C30H36FN5O4Si/c1-5-15-35-26-12-11-24(36(20-38)23-9-7-6-8-10-23)18-25(26)30(29(35)39)21(2)28(41(3,4)31)27(40-30)13-16-34-19-22(14-17-37)32-33-34/h5-12,18-21,27-28,37H,1,13-17H2,2-4H3/t21-,27+,28-,30+/m1/s1. The third-order valence-corrected chi connectivity index (χ3v) is 10.7. The lowest BCUT2D eigenvalue weighted by Crippen LogP contribution is -2.45. The van der Waals surface area contributed by atoms with Crippen LogP contribution >= 0.6 is 0 Å². The van der Waals surface area contributed by atoms with Crippen molar-refractivity contribution in [3.05, 3.63) is 78.6 Å². The summed E-state index contributed by atoms with van der Waals surface area (Å²) >= 11 is 0. The number of ether oxygens (including phenoxy) is 1. The molecule has 1 saturated heterocycles. The number of carbonyl (C=O) groups excluding carboxylic acids is 2. The molecule has 0 saturated carbocycles. The first kappa shape index (κ1) is 28.8. The van der Waals surface area contributed by atoms with Gasteiger partial charge in [0.15, 0.2) is 5.60 Å². The Kier molecular flexibility index (Phi) is 7.95. The Labute approximate surface area is 240 Å². The van der Waals surface area contributed by atoms with E-state index in [2.05, 4.69) is 16.9 Å². The van der Waals surface area contributed by atoms with E-state index in [-0.39, 0.29) is 19.1 Å². The van der Waals surface area contributed by atoms with Crippen LogP contribution in [0.15, 0.2) is 67.4 Å². The van der Waals surface area contributed by atoms with E-state index in [1.54, 1.807) is 41.0 Å². The summed E-state index contributed by atoms with van der Waals surface area (Å²) in [5.41, 5.74) is 1.38. The third kappa shape index (κ3) is 5.02. The molecule has 3 aromatic rings. The Morgan fingerprint density at radius 3 is 2.63 bits per heavy atom.